The highest BCUT2D eigenvalue weighted by Crippen LogP contribution is 2.22. The zero-order chi connectivity index (χ0) is 16.5. The van der Waals surface area contributed by atoms with Crippen molar-refractivity contribution < 1.29 is 9.53 Å². The second-order valence-corrected chi connectivity index (χ2v) is 5.52. The van der Waals surface area contributed by atoms with E-state index in [2.05, 4.69) is 24.4 Å². The first-order chi connectivity index (χ1) is 11.2. The van der Waals surface area contributed by atoms with Crippen molar-refractivity contribution in [1.29, 1.82) is 0 Å². The summed E-state index contributed by atoms with van der Waals surface area (Å²) in [4.78, 5) is 11.0. The van der Waals surface area contributed by atoms with E-state index in [-0.39, 0.29) is 0 Å². The van der Waals surface area contributed by atoms with E-state index < -0.39 is 5.91 Å². The Bertz CT molecular complexity index is 606. The lowest BCUT2D eigenvalue weighted by atomic mass is 10.2. The van der Waals surface area contributed by atoms with E-state index in [0.29, 0.717) is 11.3 Å². The van der Waals surface area contributed by atoms with Gasteiger partial charge in [0, 0.05) is 12.1 Å². The fourth-order valence-electron chi connectivity index (χ4n) is 2.23. The molecule has 2 rings (SSSR count). The maximum absolute atomic E-state index is 11.0. The number of nitrogens with one attached hydrogen (secondary N) is 1. The third-order valence-electron chi connectivity index (χ3n) is 3.58. The number of amides is 1. The zero-order valence-corrected chi connectivity index (χ0v) is 13.5. The Morgan fingerprint density at radius 3 is 2.17 bits per heavy atom. The molecule has 0 aliphatic heterocycles. The van der Waals surface area contributed by atoms with Gasteiger partial charge in [0.25, 0.3) is 0 Å². The van der Waals surface area contributed by atoms with Crippen LogP contribution in [-0.2, 0) is 6.54 Å². The fourth-order valence-corrected chi connectivity index (χ4v) is 2.23. The molecule has 23 heavy (non-hydrogen) atoms. The van der Waals surface area contributed by atoms with Gasteiger partial charge in [-0.3, -0.25) is 4.79 Å². The van der Waals surface area contributed by atoms with E-state index >= 15 is 0 Å². The number of nitrogens with two attached hydrogens (primary N) is 1. The number of primary amides is 1. The van der Waals surface area contributed by atoms with E-state index in [4.69, 9.17) is 10.5 Å². The molecule has 4 heteroatoms. The lowest BCUT2D eigenvalue weighted by Crippen LogP contribution is -2.14. The molecule has 0 saturated heterocycles. The molecule has 2 aromatic carbocycles. The van der Waals surface area contributed by atoms with Crippen LogP contribution in [0.4, 0.5) is 0 Å². The summed E-state index contributed by atoms with van der Waals surface area (Å²) in [6.45, 7) is 4.13. The second-order valence-electron chi connectivity index (χ2n) is 5.52. The van der Waals surface area contributed by atoms with Crippen molar-refractivity contribution in [2.45, 2.75) is 32.7 Å². The number of carbonyl (C=O) groups excluding carboxylic acids is 1. The Morgan fingerprint density at radius 2 is 1.61 bits per heavy atom. The molecule has 122 valence electrons. The minimum Gasteiger partial charge on any atom is -0.457 e. The van der Waals surface area contributed by atoms with Crippen molar-refractivity contribution >= 4 is 5.91 Å². The van der Waals surface area contributed by atoms with Crippen LogP contribution in [0.15, 0.2) is 48.5 Å². The van der Waals surface area contributed by atoms with Crippen molar-refractivity contribution in [1.82, 2.24) is 5.32 Å². The molecule has 0 fully saturated rings. The van der Waals surface area contributed by atoms with Crippen LogP contribution < -0.4 is 15.8 Å². The summed E-state index contributed by atoms with van der Waals surface area (Å²) in [6.07, 6.45) is 3.74. The van der Waals surface area contributed by atoms with Crippen molar-refractivity contribution in [2.24, 2.45) is 5.73 Å². The van der Waals surface area contributed by atoms with Gasteiger partial charge >= 0.3 is 0 Å². The first-order valence-electron chi connectivity index (χ1n) is 8.06. The maximum atomic E-state index is 11.0. The highest BCUT2D eigenvalue weighted by atomic mass is 16.5. The maximum Gasteiger partial charge on any atom is 0.248 e. The predicted octanol–water partition coefficient (Wildman–Crippen LogP) is 3.86. The molecule has 1 amide bonds. The highest BCUT2D eigenvalue weighted by molar-refractivity contribution is 5.92. The van der Waals surface area contributed by atoms with Gasteiger partial charge in [-0.15, -0.1) is 0 Å². The van der Waals surface area contributed by atoms with Gasteiger partial charge in [-0.2, -0.15) is 0 Å². The number of hydrogen-bond acceptors (Lipinski definition) is 3. The molecular formula is C19H24N2O2. The molecule has 0 atom stereocenters. The van der Waals surface area contributed by atoms with Crippen molar-refractivity contribution in [3.8, 4) is 11.5 Å². The largest absolute Gasteiger partial charge is 0.457 e. The summed E-state index contributed by atoms with van der Waals surface area (Å²) in [7, 11) is 0. The van der Waals surface area contributed by atoms with Crippen LogP contribution >= 0.6 is 0 Å². The number of hydrogen-bond donors (Lipinski definition) is 2. The molecule has 0 aliphatic carbocycles. The molecule has 0 aliphatic rings. The Balaban J connectivity index is 1.83. The quantitative estimate of drug-likeness (QED) is 0.691. The zero-order valence-electron chi connectivity index (χ0n) is 13.5. The molecule has 0 unspecified atom stereocenters. The van der Waals surface area contributed by atoms with Crippen LogP contribution in [-0.4, -0.2) is 12.5 Å². The Labute approximate surface area is 137 Å². The Kier molecular flexibility index (Phi) is 6.63. The van der Waals surface area contributed by atoms with Gasteiger partial charge in [-0.1, -0.05) is 31.9 Å². The summed E-state index contributed by atoms with van der Waals surface area (Å²) < 4.78 is 5.75. The minimum absolute atomic E-state index is 0.438. The summed E-state index contributed by atoms with van der Waals surface area (Å²) in [5.41, 5.74) is 6.92. The lowest BCUT2D eigenvalue weighted by molar-refractivity contribution is 0.100. The average Bonchev–Trinajstić information content (AvgIpc) is 2.57. The van der Waals surface area contributed by atoms with Gasteiger partial charge < -0.3 is 15.8 Å². The van der Waals surface area contributed by atoms with Gasteiger partial charge in [-0.25, -0.2) is 0 Å². The number of unbranched alkanes of at least 4 members (excludes halogenated alkanes) is 2. The molecule has 4 nitrogen and oxygen atoms in total. The molecule has 0 heterocycles. The summed E-state index contributed by atoms with van der Waals surface area (Å²) >= 11 is 0. The summed E-state index contributed by atoms with van der Waals surface area (Å²) in [5, 5.41) is 3.44. The standard InChI is InChI=1S/C19H24N2O2/c1-2-3-4-13-21-14-15-5-9-17(10-6-15)23-18-11-7-16(8-12-18)19(20)22/h5-12,21H,2-4,13-14H2,1H3,(H2,20,22). The van der Waals surface area contributed by atoms with Crippen LogP contribution in [0.1, 0.15) is 42.1 Å². The lowest BCUT2D eigenvalue weighted by Gasteiger charge is -2.08. The summed E-state index contributed by atoms with van der Waals surface area (Å²) in [6, 6.07) is 14.8. The fraction of sp³-hybridized carbons (Fsp3) is 0.316. The van der Waals surface area contributed by atoms with Gasteiger partial charge in [0.15, 0.2) is 0 Å². The molecule has 0 spiro atoms. The number of carbonyl (C=O) groups is 1. The number of rotatable bonds is 9. The molecule has 0 aromatic heterocycles. The Morgan fingerprint density at radius 1 is 1.00 bits per heavy atom. The van der Waals surface area contributed by atoms with Crippen LogP contribution in [0.2, 0.25) is 0 Å². The van der Waals surface area contributed by atoms with Crippen LogP contribution in [0, 0.1) is 0 Å². The minimum atomic E-state index is -0.438. The molecule has 0 saturated carbocycles. The van der Waals surface area contributed by atoms with E-state index in [1.54, 1.807) is 24.3 Å². The first kappa shape index (κ1) is 17.0. The number of benzene rings is 2. The molecule has 0 radical (unpaired) electrons. The molecular weight excluding hydrogens is 288 g/mol. The summed E-state index contributed by atoms with van der Waals surface area (Å²) in [5.74, 6) is 1.01. The smallest absolute Gasteiger partial charge is 0.248 e. The monoisotopic (exact) mass is 312 g/mol. The normalized spacial score (nSPS) is 10.5. The van der Waals surface area contributed by atoms with E-state index in [1.807, 2.05) is 12.1 Å². The predicted molar refractivity (Wildman–Crippen MR) is 92.7 cm³/mol. The SMILES string of the molecule is CCCCCNCc1ccc(Oc2ccc(C(N)=O)cc2)cc1. The van der Waals surface area contributed by atoms with Crippen LogP contribution in [0.25, 0.3) is 0 Å². The van der Waals surface area contributed by atoms with Gasteiger partial charge in [0.1, 0.15) is 11.5 Å². The van der Waals surface area contributed by atoms with E-state index in [0.717, 1.165) is 18.8 Å². The van der Waals surface area contributed by atoms with Gasteiger partial charge in [-0.05, 0) is 54.9 Å². The Hall–Kier alpha value is -2.33. The number of ether oxygens (including phenoxy) is 1. The van der Waals surface area contributed by atoms with E-state index in [1.165, 1.54) is 24.8 Å². The van der Waals surface area contributed by atoms with Gasteiger partial charge in [0.2, 0.25) is 5.91 Å². The van der Waals surface area contributed by atoms with Crippen molar-refractivity contribution in [3.63, 3.8) is 0 Å². The van der Waals surface area contributed by atoms with Gasteiger partial charge in [0.05, 0.1) is 0 Å². The average molecular weight is 312 g/mol. The molecule has 3 N–H and O–H groups in total. The second kappa shape index (κ2) is 8.96. The highest BCUT2D eigenvalue weighted by Gasteiger charge is 2.02. The van der Waals surface area contributed by atoms with Crippen LogP contribution in [0.5, 0.6) is 11.5 Å². The molecule has 0 bridgehead atoms. The van der Waals surface area contributed by atoms with Crippen LogP contribution in [0.3, 0.4) is 0 Å². The third-order valence-corrected chi connectivity index (χ3v) is 3.58. The topological polar surface area (TPSA) is 64.3 Å². The van der Waals surface area contributed by atoms with Crippen molar-refractivity contribution in [2.75, 3.05) is 6.54 Å². The van der Waals surface area contributed by atoms with Crippen molar-refractivity contribution in [3.05, 3.63) is 59.7 Å². The first-order valence-corrected chi connectivity index (χ1v) is 8.06. The van der Waals surface area contributed by atoms with E-state index in [9.17, 15) is 4.79 Å². The third kappa shape index (κ3) is 5.75. The molecule has 2 aromatic rings.